The van der Waals surface area contributed by atoms with E-state index in [1.807, 2.05) is 17.9 Å². The van der Waals surface area contributed by atoms with Crippen molar-refractivity contribution in [2.45, 2.75) is 38.8 Å². The van der Waals surface area contributed by atoms with Crippen LogP contribution in [-0.2, 0) is 4.79 Å². The number of likely N-dealkylation sites (tertiary alicyclic amines) is 1. The molecule has 0 spiro atoms. The highest BCUT2D eigenvalue weighted by Gasteiger charge is 2.34. The minimum atomic E-state index is -0.823. The van der Waals surface area contributed by atoms with Crippen LogP contribution in [0.5, 0.6) is 0 Å². The average Bonchev–Trinajstić information content (AvgIpc) is 2.87. The van der Waals surface area contributed by atoms with Crippen LogP contribution in [0.25, 0.3) is 0 Å². The van der Waals surface area contributed by atoms with Crippen LogP contribution in [0.4, 0.5) is 5.69 Å². The molecule has 6 heteroatoms. The number of aryl methyl sites for hydroxylation is 1. The molecule has 0 amide bonds. The summed E-state index contributed by atoms with van der Waals surface area (Å²) in [5.41, 5.74) is 1.48. The summed E-state index contributed by atoms with van der Waals surface area (Å²) in [5, 5.41) is 20.2. The normalized spacial score (nSPS) is 20.8. The third-order valence-electron chi connectivity index (χ3n) is 3.99. The van der Waals surface area contributed by atoms with Crippen LogP contribution in [-0.4, -0.2) is 33.5 Å². The van der Waals surface area contributed by atoms with Crippen LogP contribution in [0, 0.1) is 17.0 Å². The van der Waals surface area contributed by atoms with Crippen molar-refractivity contribution >= 4 is 11.7 Å². The zero-order chi connectivity index (χ0) is 14.9. The smallest absolute Gasteiger partial charge is 0.320 e. The van der Waals surface area contributed by atoms with Crippen molar-refractivity contribution in [1.29, 1.82) is 0 Å². The Bertz CT molecular complexity index is 544. The fourth-order valence-corrected chi connectivity index (χ4v) is 2.79. The maximum absolute atomic E-state index is 11.2. The Labute approximate surface area is 117 Å². The van der Waals surface area contributed by atoms with Crippen LogP contribution in [0.3, 0.4) is 0 Å². The zero-order valence-electron chi connectivity index (χ0n) is 11.6. The number of carboxylic acids is 1. The van der Waals surface area contributed by atoms with Crippen LogP contribution in [0.1, 0.15) is 36.9 Å². The van der Waals surface area contributed by atoms with Gasteiger partial charge in [-0.1, -0.05) is 12.1 Å². The Morgan fingerprint density at radius 2 is 2.25 bits per heavy atom. The zero-order valence-corrected chi connectivity index (χ0v) is 11.6. The summed E-state index contributed by atoms with van der Waals surface area (Å²) in [6.07, 6.45) is 1.48. The minimum Gasteiger partial charge on any atom is -0.480 e. The summed E-state index contributed by atoms with van der Waals surface area (Å²) in [6.45, 7) is 4.30. The number of aliphatic carboxylic acids is 1. The molecule has 2 rings (SSSR count). The van der Waals surface area contributed by atoms with Gasteiger partial charge in [0.1, 0.15) is 6.04 Å². The molecule has 0 radical (unpaired) electrons. The highest BCUT2D eigenvalue weighted by molar-refractivity contribution is 5.73. The van der Waals surface area contributed by atoms with E-state index < -0.39 is 16.9 Å². The van der Waals surface area contributed by atoms with Gasteiger partial charge in [0.25, 0.3) is 5.69 Å². The largest absolute Gasteiger partial charge is 0.480 e. The van der Waals surface area contributed by atoms with Crippen molar-refractivity contribution < 1.29 is 14.8 Å². The Kier molecular flexibility index (Phi) is 4.04. The van der Waals surface area contributed by atoms with Gasteiger partial charge in [0, 0.05) is 17.7 Å². The molecule has 1 aliphatic rings. The molecule has 20 heavy (non-hydrogen) atoms. The molecule has 2 atom stereocenters. The number of benzene rings is 1. The Morgan fingerprint density at radius 1 is 1.55 bits per heavy atom. The number of carbonyl (C=O) groups is 1. The maximum atomic E-state index is 11.2. The molecule has 1 fully saturated rings. The third kappa shape index (κ3) is 2.65. The molecule has 1 N–H and O–H groups in total. The van der Waals surface area contributed by atoms with Gasteiger partial charge in [0.15, 0.2) is 0 Å². The first-order valence-corrected chi connectivity index (χ1v) is 6.65. The second-order valence-electron chi connectivity index (χ2n) is 5.21. The molecular formula is C14H18N2O4. The van der Waals surface area contributed by atoms with Crippen LogP contribution in [0.2, 0.25) is 0 Å². The average molecular weight is 278 g/mol. The minimum absolute atomic E-state index is 0.0837. The summed E-state index contributed by atoms with van der Waals surface area (Å²) in [6, 6.07) is 4.47. The summed E-state index contributed by atoms with van der Waals surface area (Å²) in [4.78, 5) is 23.7. The molecule has 0 saturated carbocycles. The van der Waals surface area contributed by atoms with Crippen molar-refractivity contribution in [2.75, 3.05) is 6.54 Å². The lowest BCUT2D eigenvalue weighted by molar-refractivity contribution is -0.385. The predicted octanol–water partition coefficient (Wildman–Crippen LogP) is 2.51. The highest BCUT2D eigenvalue weighted by atomic mass is 16.6. The van der Waals surface area contributed by atoms with Gasteiger partial charge in [-0.2, -0.15) is 0 Å². The van der Waals surface area contributed by atoms with Crippen molar-refractivity contribution in [2.24, 2.45) is 0 Å². The summed E-state index contributed by atoms with van der Waals surface area (Å²) < 4.78 is 0. The number of hydrogen-bond acceptors (Lipinski definition) is 4. The first kappa shape index (κ1) is 14.5. The molecule has 2 unspecified atom stereocenters. The highest BCUT2D eigenvalue weighted by Crippen LogP contribution is 2.31. The molecule has 108 valence electrons. The molecule has 6 nitrogen and oxygen atoms in total. The van der Waals surface area contributed by atoms with Crippen LogP contribution in [0.15, 0.2) is 18.2 Å². The fourth-order valence-electron chi connectivity index (χ4n) is 2.79. The van der Waals surface area contributed by atoms with Gasteiger partial charge in [-0.05, 0) is 38.8 Å². The lowest BCUT2D eigenvalue weighted by Crippen LogP contribution is -2.37. The number of carboxylic acid groups (broad SMARTS) is 1. The second kappa shape index (κ2) is 5.58. The van der Waals surface area contributed by atoms with Gasteiger partial charge in [0.05, 0.1) is 4.92 Å². The summed E-state index contributed by atoms with van der Waals surface area (Å²) >= 11 is 0. The first-order valence-electron chi connectivity index (χ1n) is 6.65. The number of nitrogens with zero attached hydrogens (tertiary/aromatic N) is 2. The quantitative estimate of drug-likeness (QED) is 0.675. The fraction of sp³-hybridized carbons (Fsp3) is 0.500. The molecular weight excluding hydrogens is 260 g/mol. The van der Waals surface area contributed by atoms with Gasteiger partial charge in [-0.3, -0.25) is 19.8 Å². The first-order chi connectivity index (χ1) is 9.41. The van der Waals surface area contributed by atoms with Gasteiger partial charge in [0.2, 0.25) is 0 Å². The third-order valence-corrected chi connectivity index (χ3v) is 3.99. The van der Waals surface area contributed by atoms with E-state index in [0.29, 0.717) is 18.5 Å². The van der Waals surface area contributed by atoms with Gasteiger partial charge < -0.3 is 5.11 Å². The maximum Gasteiger partial charge on any atom is 0.320 e. The molecule has 1 heterocycles. The number of rotatable bonds is 4. The van der Waals surface area contributed by atoms with Crippen molar-refractivity contribution in [3.05, 3.63) is 39.4 Å². The predicted molar refractivity (Wildman–Crippen MR) is 73.6 cm³/mol. The monoisotopic (exact) mass is 278 g/mol. The van der Waals surface area contributed by atoms with E-state index in [9.17, 15) is 20.0 Å². The van der Waals surface area contributed by atoms with Gasteiger partial charge in [-0.15, -0.1) is 0 Å². The van der Waals surface area contributed by atoms with Crippen molar-refractivity contribution in [1.82, 2.24) is 4.90 Å². The van der Waals surface area contributed by atoms with Crippen LogP contribution < -0.4 is 0 Å². The summed E-state index contributed by atoms with van der Waals surface area (Å²) in [7, 11) is 0. The summed E-state index contributed by atoms with van der Waals surface area (Å²) in [5.74, 6) is -0.823. The van der Waals surface area contributed by atoms with E-state index in [4.69, 9.17) is 0 Å². The molecule has 0 aromatic heterocycles. The Morgan fingerprint density at radius 3 is 2.85 bits per heavy atom. The molecule has 0 bridgehead atoms. The number of nitro groups is 1. The topological polar surface area (TPSA) is 83.7 Å². The number of nitro benzene ring substituents is 1. The second-order valence-corrected chi connectivity index (χ2v) is 5.21. The molecule has 0 aliphatic carbocycles. The molecule has 1 aromatic rings. The molecule has 1 aromatic carbocycles. The van der Waals surface area contributed by atoms with E-state index in [0.717, 1.165) is 12.0 Å². The Hall–Kier alpha value is -1.95. The Balaban J connectivity index is 2.29. The van der Waals surface area contributed by atoms with Crippen molar-refractivity contribution in [3.63, 3.8) is 0 Å². The van der Waals surface area contributed by atoms with E-state index in [2.05, 4.69) is 0 Å². The molecule has 1 saturated heterocycles. The standard InChI is InChI=1S/C14H18N2O4/c1-9-5-6-11(8-13(9)16(19)20)10(2)15-7-3-4-12(15)14(17)18/h5-6,8,10,12H,3-4,7H2,1-2H3,(H,17,18). The lowest BCUT2D eigenvalue weighted by Gasteiger charge is -2.28. The van der Waals surface area contributed by atoms with Crippen LogP contribution >= 0.6 is 0 Å². The molecule has 1 aliphatic heterocycles. The van der Waals surface area contributed by atoms with E-state index in [1.165, 1.54) is 0 Å². The lowest BCUT2D eigenvalue weighted by atomic mass is 10.0. The van der Waals surface area contributed by atoms with E-state index >= 15 is 0 Å². The van der Waals surface area contributed by atoms with E-state index in [1.54, 1.807) is 19.1 Å². The van der Waals surface area contributed by atoms with Crippen molar-refractivity contribution in [3.8, 4) is 0 Å². The van der Waals surface area contributed by atoms with Gasteiger partial charge >= 0.3 is 5.97 Å². The SMILES string of the molecule is Cc1ccc(C(C)N2CCCC2C(=O)O)cc1[N+](=O)[O-]. The number of hydrogen-bond donors (Lipinski definition) is 1. The van der Waals surface area contributed by atoms with Gasteiger partial charge in [-0.25, -0.2) is 0 Å². The van der Waals surface area contributed by atoms with E-state index in [-0.39, 0.29) is 11.7 Å².